The van der Waals surface area contributed by atoms with Crippen molar-refractivity contribution in [2.45, 2.75) is 52.4 Å². The zero-order valence-corrected chi connectivity index (χ0v) is 16.3. The van der Waals surface area contributed by atoms with Crippen LogP contribution in [0.3, 0.4) is 0 Å². The van der Waals surface area contributed by atoms with Crippen LogP contribution in [0.4, 0.5) is 9.18 Å². The number of carbonyl (C=O) groups is 2. The Balaban J connectivity index is 2.70. The minimum absolute atomic E-state index is 0.112. The highest BCUT2D eigenvalue weighted by Crippen LogP contribution is 2.12. The Morgan fingerprint density at radius 2 is 1.89 bits per heavy atom. The van der Waals surface area contributed by atoms with Gasteiger partial charge in [0.1, 0.15) is 17.5 Å². The fraction of sp³-hybridized carbons (Fsp3) is 0.500. The lowest BCUT2D eigenvalue weighted by molar-refractivity contribution is -0.142. The lowest BCUT2D eigenvalue weighted by Gasteiger charge is -2.23. The molecule has 0 aliphatic rings. The first-order valence-corrected chi connectivity index (χ1v) is 8.83. The summed E-state index contributed by atoms with van der Waals surface area (Å²) in [5.41, 5.74) is 0.203. The molecule has 1 aromatic rings. The van der Waals surface area contributed by atoms with Gasteiger partial charge in [-0.2, -0.15) is 0 Å². The Morgan fingerprint density at radius 1 is 1.22 bits per heavy atom. The van der Waals surface area contributed by atoms with Gasteiger partial charge in [-0.25, -0.2) is 9.18 Å². The van der Waals surface area contributed by atoms with Gasteiger partial charge in [0.15, 0.2) is 0 Å². The van der Waals surface area contributed by atoms with Crippen LogP contribution in [-0.4, -0.2) is 36.9 Å². The molecule has 0 spiro atoms. The number of hydrogen-bond acceptors (Lipinski definition) is 5. The van der Waals surface area contributed by atoms with Crippen LogP contribution in [0.15, 0.2) is 42.2 Å². The second kappa shape index (κ2) is 11.3. The molecule has 0 radical (unpaired) electrons. The van der Waals surface area contributed by atoms with Crippen molar-refractivity contribution >= 4 is 12.1 Å². The Kier molecular flexibility index (Phi) is 9.50. The van der Waals surface area contributed by atoms with Crippen molar-refractivity contribution in [1.82, 2.24) is 5.32 Å². The molecular formula is C20H28FNO5. The molecule has 1 amide bonds. The van der Waals surface area contributed by atoms with Gasteiger partial charge in [0.2, 0.25) is 0 Å². The standard InChI is InChI=1S/C20H28FNO5/c1-5-26-18(23)12-11-16(21)17(22-19(24)27-20(2,3)4)14-25-13-15-9-7-6-8-10-15/h6-11,17H,5,12-14H2,1-4H3,(H,22,24)/b16-11-. The maximum absolute atomic E-state index is 14.5. The number of benzene rings is 1. The van der Waals surface area contributed by atoms with Crippen molar-refractivity contribution in [1.29, 1.82) is 0 Å². The lowest BCUT2D eigenvalue weighted by atomic mass is 10.2. The highest BCUT2D eigenvalue weighted by molar-refractivity contribution is 5.71. The summed E-state index contributed by atoms with van der Waals surface area (Å²) in [7, 11) is 0. The summed E-state index contributed by atoms with van der Waals surface area (Å²) in [6.07, 6.45) is 0.0760. The van der Waals surface area contributed by atoms with E-state index in [0.717, 1.165) is 11.6 Å². The Morgan fingerprint density at radius 3 is 2.48 bits per heavy atom. The molecule has 7 heteroatoms. The zero-order valence-electron chi connectivity index (χ0n) is 16.3. The first-order chi connectivity index (χ1) is 12.7. The summed E-state index contributed by atoms with van der Waals surface area (Å²) in [5.74, 6) is -1.24. The molecule has 0 aliphatic heterocycles. The van der Waals surface area contributed by atoms with Crippen molar-refractivity contribution in [2.75, 3.05) is 13.2 Å². The van der Waals surface area contributed by atoms with Gasteiger partial charge in [0.05, 0.1) is 26.2 Å². The van der Waals surface area contributed by atoms with Gasteiger partial charge in [0.25, 0.3) is 0 Å². The zero-order chi connectivity index (χ0) is 20.3. The molecule has 1 atom stereocenters. The molecule has 0 aliphatic carbocycles. The summed E-state index contributed by atoms with van der Waals surface area (Å²) < 4.78 is 29.9. The van der Waals surface area contributed by atoms with E-state index < -0.39 is 29.5 Å². The highest BCUT2D eigenvalue weighted by atomic mass is 19.1. The van der Waals surface area contributed by atoms with E-state index >= 15 is 0 Å². The SMILES string of the molecule is CCOC(=O)C/C=C(\F)C(COCc1ccccc1)NC(=O)OC(C)(C)C. The molecule has 0 fully saturated rings. The number of hydrogen-bond donors (Lipinski definition) is 1. The quantitative estimate of drug-likeness (QED) is 0.657. The number of amides is 1. The molecule has 0 saturated carbocycles. The summed E-state index contributed by atoms with van der Waals surface area (Å²) in [4.78, 5) is 23.4. The van der Waals surface area contributed by atoms with Crippen LogP contribution in [0.25, 0.3) is 0 Å². The fourth-order valence-electron chi connectivity index (χ4n) is 2.05. The topological polar surface area (TPSA) is 73.9 Å². The largest absolute Gasteiger partial charge is 0.466 e. The van der Waals surface area contributed by atoms with Crippen LogP contribution < -0.4 is 5.32 Å². The molecule has 1 unspecified atom stereocenters. The molecule has 0 heterocycles. The molecule has 6 nitrogen and oxygen atoms in total. The third kappa shape index (κ3) is 10.4. The molecule has 0 saturated heterocycles. The number of ether oxygens (including phenoxy) is 3. The number of nitrogens with one attached hydrogen (secondary N) is 1. The van der Waals surface area contributed by atoms with Gasteiger partial charge < -0.3 is 19.5 Å². The van der Waals surface area contributed by atoms with E-state index in [1.807, 2.05) is 30.3 Å². The van der Waals surface area contributed by atoms with Crippen molar-refractivity contribution in [3.8, 4) is 0 Å². The summed E-state index contributed by atoms with van der Waals surface area (Å²) in [6, 6.07) is 8.31. The molecule has 27 heavy (non-hydrogen) atoms. The smallest absolute Gasteiger partial charge is 0.408 e. The fourth-order valence-corrected chi connectivity index (χ4v) is 2.05. The average Bonchev–Trinajstić information content (AvgIpc) is 2.58. The number of esters is 1. The van der Waals surface area contributed by atoms with E-state index in [0.29, 0.717) is 0 Å². The normalized spacial score (nSPS) is 13.0. The Labute approximate surface area is 159 Å². The average molecular weight is 381 g/mol. The van der Waals surface area contributed by atoms with E-state index in [-0.39, 0.29) is 26.2 Å². The third-order valence-corrected chi connectivity index (χ3v) is 3.19. The molecule has 0 aromatic heterocycles. The second-order valence-corrected chi connectivity index (χ2v) is 6.80. The van der Waals surface area contributed by atoms with Crippen LogP contribution in [0, 0.1) is 0 Å². The van der Waals surface area contributed by atoms with Crippen LogP contribution in [0.1, 0.15) is 39.7 Å². The summed E-state index contributed by atoms with van der Waals surface area (Å²) in [6.45, 7) is 7.16. The van der Waals surface area contributed by atoms with Gasteiger partial charge >= 0.3 is 12.1 Å². The monoisotopic (exact) mass is 381 g/mol. The van der Waals surface area contributed by atoms with Crippen molar-refractivity contribution < 1.29 is 28.2 Å². The minimum Gasteiger partial charge on any atom is -0.466 e. The number of carbonyl (C=O) groups excluding carboxylic acids is 2. The Bertz CT molecular complexity index is 625. The van der Waals surface area contributed by atoms with Crippen molar-refractivity contribution in [3.05, 3.63) is 47.8 Å². The van der Waals surface area contributed by atoms with Crippen LogP contribution in [0.2, 0.25) is 0 Å². The maximum atomic E-state index is 14.5. The van der Waals surface area contributed by atoms with Gasteiger partial charge in [-0.05, 0) is 39.3 Å². The Hall–Kier alpha value is -2.41. The van der Waals surface area contributed by atoms with Crippen molar-refractivity contribution in [2.24, 2.45) is 0 Å². The molecule has 150 valence electrons. The van der Waals surface area contributed by atoms with Gasteiger partial charge in [-0.15, -0.1) is 0 Å². The summed E-state index contributed by atoms with van der Waals surface area (Å²) in [5, 5.41) is 2.43. The maximum Gasteiger partial charge on any atom is 0.408 e. The van der Waals surface area contributed by atoms with Crippen LogP contribution >= 0.6 is 0 Å². The highest BCUT2D eigenvalue weighted by Gasteiger charge is 2.22. The first-order valence-electron chi connectivity index (χ1n) is 8.83. The first kappa shape index (κ1) is 22.6. The van der Waals surface area contributed by atoms with Crippen molar-refractivity contribution in [3.63, 3.8) is 0 Å². The molecule has 0 bridgehead atoms. The number of alkyl carbamates (subject to hydrolysis) is 1. The predicted molar refractivity (Wildman–Crippen MR) is 99.7 cm³/mol. The lowest BCUT2D eigenvalue weighted by Crippen LogP contribution is -2.42. The van der Waals surface area contributed by atoms with Gasteiger partial charge in [-0.1, -0.05) is 30.3 Å². The molecule has 1 aromatic carbocycles. The third-order valence-electron chi connectivity index (χ3n) is 3.19. The van der Waals surface area contributed by atoms with E-state index in [1.165, 1.54) is 0 Å². The van der Waals surface area contributed by atoms with E-state index in [1.54, 1.807) is 27.7 Å². The van der Waals surface area contributed by atoms with Crippen LogP contribution in [-0.2, 0) is 25.6 Å². The predicted octanol–water partition coefficient (Wildman–Crippen LogP) is 3.90. The molecule has 1 N–H and O–H groups in total. The molecular weight excluding hydrogens is 353 g/mol. The van der Waals surface area contributed by atoms with Gasteiger partial charge in [0, 0.05) is 0 Å². The summed E-state index contributed by atoms with van der Waals surface area (Å²) >= 11 is 0. The van der Waals surface area contributed by atoms with E-state index in [4.69, 9.17) is 14.2 Å². The number of rotatable bonds is 9. The van der Waals surface area contributed by atoms with Crippen LogP contribution in [0.5, 0.6) is 0 Å². The van der Waals surface area contributed by atoms with E-state index in [2.05, 4.69) is 5.32 Å². The minimum atomic E-state index is -1.07. The number of halogens is 1. The second-order valence-electron chi connectivity index (χ2n) is 6.80. The van der Waals surface area contributed by atoms with E-state index in [9.17, 15) is 14.0 Å². The van der Waals surface area contributed by atoms with Gasteiger partial charge in [-0.3, -0.25) is 4.79 Å². The molecule has 1 rings (SSSR count).